The standard InChI is InChI=1S/C19H28N2O3/c22-18(15-7-3-1-4-8-15)13-17-14-24-12-11-21(17)19(23)20-16-9-5-2-6-10-16/h1,3-4,7-8,16-18,22H,2,5-6,9-14H2,(H,20,23)/t17-,18-/m1/s1. The first-order chi connectivity index (χ1) is 11.7. The molecule has 24 heavy (non-hydrogen) atoms. The first kappa shape index (κ1) is 17.2. The first-order valence-corrected chi connectivity index (χ1v) is 9.12. The zero-order valence-corrected chi connectivity index (χ0v) is 14.2. The van der Waals surface area contributed by atoms with Gasteiger partial charge in [-0.2, -0.15) is 0 Å². The number of morpholine rings is 1. The van der Waals surface area contributed by atoms with Gasteiger partial charge in [0.05, 0.1) is 25.4 Å². The molecule has 1 saturated carbocycles. The van der Waals surface area contributed by atoms with E-state index in [2.05, 4.69) is 5.32 Å². The summed E-state index contributed by atoms with van der Waals surface area (Å²) >= 11 is 0. The lowest BCUT2D eigenvalue weighted by Gasteiger charge is -2.38. The quantitative estimate of drug-likeness (QED) is 0.891. The van der Waals surface area contributed by atoms with Crippen molar-refractivity contribution in [2.45, 2.75) is 56.7 Å². The number of aliphatic hydroxyl groups excluding tert-OH is 1. The molecule has 1 aromatic carbocycles. The fourth-order valence-corrected chi connectivity index (χ4v) is 3.69. The van der Waals surface area contributed by atoms with Gasteiger partial charge in [-0.1, -0.05) is 49.6 Å². The van der Waals surface area contributed by atoms with Crippen LogP contribution in [0.15, 0.2) is 30.3 Å². The van der Waals surface area contributed by atoms with Crippen molar-refractivity contribution in [3.05, 3.63) is 35.9 Å². The van der Waals surface area contributed by atoms with Gasteiger partial charge < -0.3 is 20.1 Å². The lowest BCUT2D eigenvalue weighted by molar-refractivity contribution is -0.00761. The second-order valence-corrected chi connectivity index (χ2v) is 6.87. The van der Waals surface area contributed by atoms with Crippen LogP contribution in [0.25, 0.3) is 0 Å². The molecule has 2 atom stereocenters. The summed E-state index contributed by atoms with van der Waals surface area (Å²) in [6, 6.07) is 9.82. The molecule has 1 saturated heterocycles. The second kappa shape index (κ2) is 8.49. The predicted octanol–water partition coefficient (Wildman–Crippen LogP) is 2.85. The maximum Gasteiger partial charge on any atom is 0.318 e. The van der Waals surface area contributed by atoms with Gasteiger partial charge in [0.2, 0.25) is 0 Å². The minimum atomic E-state index is -0.581. The fourth-order valence-electron chi connectivity index (χ4n) is 3.69. The summed E-state index contributed by atoms with van der Waals surface area (Å²) in [4.78, 5) is 14.5. The third-order valence-corrected chi connectivity index (χ3v) is 5.10. The average molecular weight is 332 g/mol. The smallest absolute Gasteiger partial charge is 0.318 e. The van der Waals surface area contributed by atoms with Gasteiger partial charge in [0.1, 0.15) is 0 Å². The van der Waals surface area contributed by atoms with E-state index >= 15 is 0 Å². The van der Waals surface area contributed by atoms with Crippen LogP contribution in [0.5, 0.6) is 0 Å². The van der Waals surface area contributed by atoms with Crippen molar-refractivity contribution < 1.29 is 14.6 Å². The number of rotatable bonds is 4. The molecule has 1 aliphatic carbocycles. The number of urea groups is 1. The minimum absolute atomic E-state index is 0.00420. The van der Waals surface area contributed by atoms with E-state index in [1.165, 1.54) is 19.3 Å². The van der Waals surface area contributed by atoms with E-state index in [0.717, 1.165) is 18.4 Å². The van der Waals surface area contributed by atoms with Gasteiger partial charge in [-0.25, -0.2) is 4.79 Å². The number of ether oxygens (including phenoxy) is 1. The molecular formula is C19H28N2O3. The molecule has 5 nitrogen and oxygen atoms in total. The van der Waals surface area contributed by atoms with Crippen LogP contribution in [-0.4, -0.2) is 47.9 Å². The first-order valence-electron chi connectivity index (χ1n) is 9.12. The van der Waals surface area contributed by atoms with Gasteiger partial charge in [0.15, 0.2) is 0 Å². The molecule has 1 aromatic rings. The van der Waals surface area contributed by atoms with Gasteiger partial charge in [0.25, 0.3) is 0 Å². The Bertz CT molecular complexity index is 517. The van der Waals surface area contributed by atoms with Crippen molar-refractivity contribution in [3.8, 4) is 0 Å². The highest BCUT2D eigenvalue weighted by molar-refractivity contribution is 5.75. The number of hydrogen-bond acceptors (Lipinski definition) is 3. The molecule has 0 radical (unpaired) electrons. The fraction of sp³-hybridized carbons (Fsp3) is 0.632. The summed E-state index contributed by atoms with van der Waals surface area (Å²) in [5.41, 5.74) is 0.885. The van der Waals surface area contributed by atoms with Crippen LogP contribution in [-0.2, 0) is 4.74 Å². The van der Waals surface area contributed by atoms with Gasteiger partial charge in [-0.3, -0.25) is 0 Å². The Morgan fingerprint density at radius 2 is 2.00 bits per heavy atom. The Kier molecular flexibility index (Phi) is 6.10. The van der Waals surface area contributed by atoms with Crippen LogP contribution in [0.2, 0.25) is 0 Å². The Morgan fingerprint density at radius 1 is 1.25 bits per heavy atom. The summed E-state index contributed by atoms with van der Waals surface area (Å²) in [7, 11) is 0. The van der Waals surface area contributed by atoms with Crippen LogP contribution < -0.4 is 5.32 Å². The molecule has 2 fully saturated rings. The molecule has 5 heteroatoms. The number of carbonyl (C=O) groups excluding carboxylic acids is 1. The van der Waals surface area contributed by atoms with Crippen LogP contribution in [0.3, 0.4) is 0 Å². The Morgan fingerprint density at radius 3 is 2.75 bits per heavy atom. The summed E-state index contributed by atoms with van der Waals surface area (Å²) in [6.07, 6.45) is 5.75. The molecule has 132 valence electrons. The van der Waals surface area contributed by atoms with E-state index in [1.54, 1.807) is 0 Å². The third-order valence-electron chi connectivity index (χ3n) is 5.10. The topological polar surface area (TPSA) is 61.8 Å². The SMILES string of the molecule is O=C(NC1CCCCC1)N1CCOC[C@H]1C[C@@H](O)c1ccccc1. The summed E-state index contributed by atoms with van der Waals surface area (Å²) in [6.45, 7) is 1.64. The van der Waals surface area contributed by atoms with Crippen molar-refractivity contribution >= 4 is 6.03 Å². The Hall–Kier alpha value is -1.59. The van der Waals surface area contributed by atoms with Gasteiger partial charge in [-0.05, 0) is 18.4 Å². The maximum absolute atomic E-state index is 12.7. The molecule has 2 N–H and O–H groups in total. The van der Waals surface area contributed by atoms with Crippen molar-refractivity contribution in [2.75, 3.05) is 19.8 Å². The molecule has 2 amide bonds. The molecule has 1 aliphatic heterocycles. The lowest BCUT2D eigenvalue weighted by Crippen LogP contribution is -2.54. The zero-order chi connectivity index (χ0) is 16.8. The molecule has 0 spiro atoms. The van der Waals surface area contributed by atoms with Crippen LogP contribution in [0.4, 0.5) is 4.79 Å². The van der Waals surface area contributed by atoms with Crippen LogP contribution in [0.1, 0.15) is 50.2 Å². The van der Waals surface area contributed by atoms with E-state index in [9.17, 15) is 9.90 Å². The average Bonchev–Trinajstić information content (AvgIpc) is 2.63. The van der Waals surface area contributed by atoms with Crippen LogP contribution in [0, 0.1) is 0 Å². The normalized spacial score (nSPS) is 23.7. The van der Waals surface area contributed by atoms with Crippen molar-refractivity contribution in [3.63, 3.8) is 0 Å². The number of carbonyl (C=O) groups is 1. The van der Waals surface area contributed by atoms with E-state index < -0.39 is 6.10 Å². The van der Waals surface area contributed by atoms with Gasteiger partial charge in [0, 0.05) is 19.0 Å². The summed E-state index contributed by atoms with van der Waals surface area (Å²) < 4.78 is 5.56. The second-order valence-electron chi connectivity index (χ2n) is 6.87. The number of nitrogens with zero attached hydrogens (tertiary/aromatic N) is 1. The number of aliphatic hydroxyl groups is 1. The minimum Gasteiger partial charge on any atom is -0.388 e. The van der Waals surface area contributed by atoms with Crippen LogP contribution >= 0.6 is 0 Å². The molecule has 3 rings (SSSR count). The molecule has 0 unspecified atom stereocenters. The van der Waals surface area contributed by atoms with E-state index in [0.29, 0.717) is 32.2 Å². The molecule has 0 bridgehead atoms. The van der Waals surface area contributed by atoms with Crippen molar-refractivity contribution in [1.29, 1.82) is 0 Å². The van der Waals surface area contributed by atoms with Gasteiger partial charge in [-0.15, -0.1) is 0 Å². The highest BCUT2D eigenvalue weighted by atomic mass is 16.5. The molecule has 1 heterocycles. The summed E-state index contributed by atoms with van der Waals surface area (Å²) in [5, 5.41) is 13.7. The molecule has 0 aromatic heterocycles. The van der Waals surface area contributed by atoms with E-state index in [1.807, 2.05) is 35.2 Å². The summed E-state index contributed by atoms with van der Waals surface area (Å²) in [5.74, 6) is 0. The Balaban J connectivity index is 1.59. The largest absolute Gasteiger partial charge is 0.388 e. The molecule has 2 aliphatic rings. The zero-order valence-electron chi connectivity index (χ0n) is 14.2. The number of hydrogen-bond donors (Lipinski definition) is 2. The Labute approximate surface area is 144 Å². The van der Waals surface area contributed by atoms with E-state index in [4.69, 9.17) is 4.74 Å². The highest BCUT2D eigenvalue weighted by Crippen LogP contribution is 2.23. The van der Waals surface area contributed by atoms with Crippen molar-refractivity contribution in [2.24, 2.45) is 0 Å². The maximum atomic E-state index is 12.7. The number of benzene rings is 1. The third kappa shape index (κ3) is 4.48. The number of amides is 2. The lowest BCUT2D eigenvalue weighted by atomic mass is 9.95. The van der Waals surface area contributed by atoms with Crippen molar-refractivity contribution in [1.82, 2.24) is 10.2 Å². The molecular weight excluding hydrogens is 304 g/mol. The van der Waals surface area contributed by atoms with E-state index in [-0.39, 0.29) is 12.1 Å². The van der Waals surface area contributed by atoms with Gasteiger partial charge >= 0.3 is 6.03 Å². The number of nitrogens with one attached hydrogen (secondary N) is 1. The monoisotopic (exact) mass is 332 g/mol. The highest BCUT2D eigenvalue weighted by Gasteiger charge is 2.30. The predicted molar refractivity (Wildman–Crippen MR) is 92.7 cm³/mol.